The third kappa shape index (κ3) is 5.17. The van der Waals surface area contributed by atoms with Gasteiger partial charge in [0.15, 0.2) is 0 Å². The molecular weight excluding hydrogens is 452 g/mol. The first-order chi connectivity index (χ1) is 17.1. The average Bonchev–Trinajstić information content (AvgIpc) is 3.16. The first-order valence-electron chi connectivity index (χ1n) is 13.2. The minimum Gasteiger partial charge on any atom is -0.473 e. The molecule has 0 radical (unpaired) electrons. The van der Waals surface area contributed by atoms with Crippen LogP contribution >= 0.6 is 0 Å². The largest absolute Gasteiger partial charge is 0.473 e. The van der Waals surface area contributed by atoms with Gasteiger partial charge in [-0.3, -0.25) is 0 Å². The van der Waals surface area contributed by atoms with E-state index in [9.17, 15) is 4.79 Å². The summed E-state index contributed by atoms with van der Waals surface area (Å²) in [7, 11) is 0. The molecule has 1 aliphatic carbocycles. The van der Waals surface area contributed by atoms with E-state index in [-0.39, 0.29) is 18.1 Å². The standard InChI is InChI=1S/C29H40N4O3/c1-27(2)11-13-33(14-12-27)23-15-21(16-24(31-23)36-25-22-17-30-19-29(22,25)5)28(3,4)32-26(34)35-18-20-9-7-6-8-10-20/h6-10,15-16,22,25,30H,11-14,17-19H2,1-5H3,(H,32,34)/t22-,25-,29-/m0/s1. The van der Waals surface area contributed by atoms with Crippen LogP contribution in [0, 0.1) is 16.7 Å². The zero-order valence-electron chi connectivity index (χ0n) is 22.3. The number of alkyl carbamates (subject to hydrolysis) is 1. The Balaban J connectivity index is 1.34. The number of carbonyl (C=O) groups is 1. The summed E-state index contributed by atoms with van der Waals surface area (Å²) in [6.45, 7) is 15.1. The van der Waals surface area contributed by atoms with E-state index >= 15 is 0 Å². The number of aromatic nitrogens is 1. The van der Waals surface area contributed by atoms with Gasteiger partial charge in [0.2, 0.25) is 5.88 Å². The van der Waals surface area contributed by atoms with E-state index < -0.39 is 11.6 Å². The quantitative estimate of drug-likeness (QED) is 0.575. The Kier molecular flexibility index (Phi) is 6.39. The second-order valence-electron chi connectivity index (χ2n) is 12.3. The highest BCUT2D eigenvalue weighted by Crippen LogP contribution is 2.56. The molecule has 194 valence electrons. The van der Waals surface area contributed by atoms with Crippen molar-refractivity contribution < 1.29 is 14.3 Å². The molecule has 0 spiro atoms. The highest BCUT2D eigenvalue weighted by atomic mass is 16.5. The van der Waals surface area contributed by atoms with Crippen LogP contribution in [0.5, 0.6) is 5.88 Å². The van der Waals surface area contributed by atoms with Crippen LogP contribution in [0.2, 0.25) is 0 Å². The van der Waals surface area contributed by atoms with Crippen molar-refractivity contribution in [3.63, 3.8) is 0 Å². The second kappa shape index (κ2) is 9.25. The molecule has 3 heterocycles. The molecule has 3 atom stereocenters. The molecule has 7 heteroatoms. The Morgan fingerprint density at radius 1 is 1.17 bits per heavy atom. The Morgan fingerprint density at radius 2 is 1.89 bits per heavy atom. The lowest BCUT2D eigenvalue weighted by atomic mass is 9.82. The van der Waals surface area contributed by atoms with Gasteiger partial charge in [-0.15, -0.1) is 0 Å². The molecule has 0 unspecified atom stereocenters. The Morgan fingerprint density at radius 3 is 2.56 bits per heavy atom. The summed E-state index contributed by atoms with van der Waals surface area (Å²) in [5, 5.41) is 6.52. The summed E-state index contributed by atoms with van der Waals surface area (Å²) >= 11 is 0. The van der Waals surface area contributed by atoms with Crippen LogP contribution in [-0.4, -0.2) is 43.4 Å². The fourth-order valence-corrected chi connectivity index (χ4v) is 5.53. The number of benzene rings is 1. The zero-order chi connectivity index (χ0) is 25.6. The molecule has 7 nitrogen and oxygen atoms in total. The Hall–Kier alpha value is -2.80. The molecule has 0 bridgehead atoms. The molecule has 2 aliphatic heterocycles. The van der Waals surface area contributed by atoms with Crippen LogP contribution in [-0.2, 0) is 16.9 Å². The maximum atomic E-state index is 12.7. The first-order valence-corrected chi connectivity index (χ1v) is 13.2. The number of pyridine rings is 1. The predicted molar refractivity (Wildman–Crippen MR) is 141 cm³/mol. The van der Waals surface area contributed by atoms with Crippen LogP contribution < -0.4 is 20.3 Å². The number of nitrogens with one attached hydrogen (secondary N) is 2. The van der Waals surface area contributed by atoms with Gasteiger partial charge in [0.1, 0.15) is 18.5 Å². The SMILES string of the molecule is CC1(C)CCN(c2cc(C(C)(C)NC(=O)OCc3ccccc3)cc(O[C@H]3[C@@H]4CNC[C@@]43C)n2)CC1. The third-order valence-electron chi connectivity index (χ3n) is 8.45. The summed E-state index contributed by atoms with van der Waals surface area (Å²) in [5.74, 6) is 2.08. The van der Waals surface area contributed by atoms with Crippen molar-refractivity contribution in [2.75, 3.05) is 31.1 Å². The number of nitrogens with zero attached hydrogens (tertiary/aromatic N) is 2. The van der Waals surface area contributed by atoms with Gasteiger partial charge in [-0.05, 0) is 49.3 Å². The first kappa shape index (κ1) is 24.9. The molecule has 2 aromatic rings. The van der Waals surface area contributed by atoms with Crippen LogP contribution in [0.4, 0.5) is 10.6 Å². The molecule has 1 aromatic heterocycles. The Labute approximate surface area is 215 Å². The highest BCUT2D eigenvalue weighted by Gasteiger charge is 2.66. The molecule has 2 saturated heterocycles. The van der Waals surface area contributed by atoms with Crippen molar-refractivity contribution in [3.05, 3.63) is 53.6 Å². The lowest BCUT2D eigenvalue weighted by Gasteiger charge is -2.38. The van der Waals surface area contributed by atoms with E-state index in [0.29, 0.717) is 17.2 Å². The van der Waals surface area contributed by atoms with Crippen molar-refractivity contribution >= 4 is 11.9 Å². The summed E-state index contributed by atoms with van der Waals surface area (Å²) < 4.78 is 12.0. The number of ether oxygens (including phenoxy) is 2. The van der Waals surface area contributed by atoms with Gasteiger partial charge >= 0.3 is 6.09 Å². The van der Waals surface area contributed by atoms with Gasteiger partial charge in [-0.1, -0.05) is 51.1 Å². The molecular formula is C29H40N4O3. The number of hydrogen-bond acceptors (Lipinski definition) is 6. The summed E-state index contributed by atoms with van der Waals surface area (Å²) in [4.78, 5) is 20.0. The molecule has 3 fully saturated rings. The lowest BCUT2D eigenvalue weighted by Crippen LogP contribution is -2.42. The smallest absolute Gasteiger partial charge is 0.408 e. The molecule has 36 heavy (non-hydrogen) atoms. The van der Waals surface area contributed by atoms with E-state index in [1.807, 2.05) is 50.2 Å². The number of amides is 1. The molecule has 1 amide bonds. The number of hydrogen-bond donors (Lipinski definition) is 2. The predicted octanol–water partition coefficient (Wildman–Crippen LogP) is 4.86. The maximum absolute atomic E-state index is 12.7. The average molecular weight is 493 g/mol. The lowest BCUT2D eigenvalue weighted by molar-refractivity contribution is 0.129. The van der Waals surface area contributed by atoms with Crippen LogP contribution in [0.15, 0.2) is 42.5 Å². The summed E-state index contributed by atoms with van der Waals surface area (Å²) in [5.41, 5.74) is 1.78. The molecule has 1 saturated carbocycles. The van der Waals surface area contributed by atoms with Crippen molar-refractivity contribution in [2.24, 2.45) is 16.7 Å². The van der Waals surface area contributed by atoms with Crippen LogP contribution in [0.1, 0.15) is 58.6 Å². The minimum absolute atomic E-state index is 0.182. The maximum Gasteiger partial charge on any atom is 0.408 e. The van der Waals surface area contributed by atoms with Gasteiger partial charge in [-0.25, -0.2) is 4.79 Å². The summed E-state index contributed by atoms with van der Waals surface area (Å²) in [6, 6.07) is 13.8. The molecule has 2 N–H and O–H groups in total. The topological polar surface area (TPSA) is 75.7 Å². The van der Waals surface area contributed by atoms with Gasteiger partial charge in [0.25, 0.3) is 0 Å². The minimum atomic E-state index is -0.663. The molecule has 3 aliphatic rings. The van der Waals surface area contributed by atoms with E-state index in [1.165, 1.54) is 0 Å². The van der Waals surface area contributed by atoms with Crippen molar-refractivity contribution in [2.45, 2.75) is 65.7 Å². The van der Waals surface area contributed by atoms with Crippen LogP contribution in [0.25, 0.3) is 0 Å². The van der Waals surface area contributed by atoms with E-state index in [4.69, 9.17) is 14.5 Å². The number of piperidine rings is 2. The van der Waals surface area contributed by atoms with Gasteiger partial charge < -0.3 is 25.0 Å². The van der Waals surface area contributed by atoms with E-state index in [2.05, 4.69) is 42.4 Å². The number of carbonyl (C=O) groups excluding carboxylic acids is 1. The fourth-order valence-electron chi connectivity index (χ4n) is 5.53. The number of fused-ring (bicyclic) bond motifs is 1. The highest BCUT2D eigenvalue weighted by molar-refractivity contribution is 5.69. The van der Waals surface area contributed by atoms with Crippen molar-refractivity contribution in [1.82, 2.24) is 15.6 Å². The zero-order valence-corrected chi connectivity index (χ0v) is 22.3. The molecule has 1 aromatic carbocycles. The van der Waals surface area contributed by atoms with Crippen LogP contribution in [0.3, 0.4) is 0 Å². The normalized spacial score (nSPS) is 26.8. The van der Waals surface area contributed by atoms with Crippen molar-refractivity contribution in [3.8, 4) is 5.88 Å². The Bertz CT molecular complexity index is 1090. The number of anilines is 1. The number of rotatable bonds is 7. The van der Waals surface area contributed by atoms with Crippen molar-refractivity contribution in [1.29, 1.82) is 0 Å². The van der Waals surface area contributed by atoms with E-state index in [0.717, 1.165) is 56.0 Å². The summed E-state index contributed by atoms with van der Waals surface area (Å²) in [6.07, 6.45) is 1.98. The monoisotopic (exact) mass is 492 g/mol. The van der Waals surface area contributed by atoms with Gasteiger partial charge in [0.05, 0.1) is 5.54 Å². The third-order valence-corrected chi connectivity index (χ3v) is 8.45. The van der Waals surface area contributed by atoms with E-state index in [1.54, 1.807) is 0 Å². The van der Waals surface area contributed by atoms with Gasteiger partial charge in [-0.2, -0.15) is 4.98 Å². The van der Waals surface area contributed by atoms with Gasteiger partial charge in [0, 0.05) is 43.6 Å². The fraction of sp³-hybridized carbons (Fsp3) is 0.586. The second-order valence-corrected chi connectivity index (χ2v) is 12.3. The molecule has 5 rings (SSSR count).